The first kappa shape index (κ1) is 13.1. The van der Waals surface area contributed by atoms with Crippen molar-refractivity contribution in [1.29, 1.82) is 0 Å². The Bertz CT molecular complexity index is 111. The summed E-state index contributed by atoms with van der Waals surface area (Å²) >= 11 is 0. The van der Waals surface area contributed by atoms with Gasteiger partial charge in [0.15, 0.2) is 0 Å². The van der Waals surface area contributed by atoms with Crippen LogP contribution in [0.4, 0.5) is 0 Å². The Morgan fingerprint density at radius 3 is 1.62 bits per heavy atom. The van der Waals surface area contributed by atoms with E-state index in [2.05, 4.69) is 13.8 Å². The summed E-state index contributed by atoms with van der Waals surface area (Å²) in [7, 11) is -2.78. The molecule has 80 valence electrons. The fourth-order valence-corrected chi connectivity index (χ4v) is 1.80. The average Bonchev–Trinajstić information content (AvgIpc) is 2.05. The lowest BCUT2D eigenvalue weighted by atomic mass is 10.4. The predicted molar refractivity (Wildman–Crippen MR) is 55.8 cm³/mol. The van der Waals surface area contributed by atoms with Gasteiger partial charge in [-0.25, -0.2) is 0 Å². The van der Waals surface area contributed by atoms with Crippen LogP contribution < -0.4 is 10.8 Å². The smallest absolute Gasteiger partial charge is 0.371 e. The van der Waals surface area contributed by atoms with E-state index >= 15 is 0 Å². The summed E-state index contributed by atoms with van der Waals surface area (Å²) in [6, 6.07) is 0. The average molecular weight is 206 g/mol. The van der Waals surface area contributed by atoms with Crippen molar-refractivity contribution >= 4 is 8.88 Å². The Morgan fingerprint density at radius 2 is 1.31 bits per heavy atom. The molecule has 0 aromatic heterocycles. The Labute approximate surface area is 82.0 Å². The van der Waals surface area contributed by atoms with Gasteiger partial charge in [-0.15, -0.1) is 0 Å². The third kappa shape index (κ3) is 8.39. The summed E-state index contributed by atoms with van der Waals surface area (Å²) in [4.78, 5) is 0. The second kappa shape index (κ2) is 7.46. The molecule has 0 aromatic carbocycles. The Hall–Kier alpha value is 0.0569. The molecule has 0 aromatic rings. The fraction of sp³-hybridized carbons (Fsp3) is 1.00. The highest BCUT2D eigenvalue weighted by Crippen LogP contribution is 1.97. The number of hydrogen-bond donors (Lipinski definition) is 2. The summed E-state index contributed by atoms with van der Waals surface area (Å²) in [5.74, 6) is 0. The number of unbranched alkanes of at least 4 members (excludes halogenated alkanes) is 2. The largest absolute Gasteiger partial charge is 0.511 e. The molecule has 4 N–H and O–H groups in total. The van der Waals surface area contributed by atoms with Crippen LogP contribution in [0.1, 0.15) is 39.5 Å². The first-order valence-electron chi connectivity index (χ1n) is 4.98. The molecule has 5 heteroatoms. The van der Waals surface area contributed by atoms with Crippen LogP contribution in [0.3, 0.4) is 0 Å². The molecular formula is C8H22N2O2Si. The molecule has 4 nitrogen and oxygen atoms in total. The van der Waals surface area contributed by atoms with Gasteiger partial charge in [0.2, 0.25) is 0 Å². The molecule has 0 aliphatic carbocycles. The van der Waals surface area contributed by atoms with Gasteiger partial charge in [-0.1, -0.05) is 26.7 Å². The van der Waals surface area contributed by atoms with Gasteiger partial charge in [0.1, 0.15) is 0 Å². The van der Waals surface area contributed by atoms with Crippen molar-refractivity contribution in [2.24, 2.45) is 10.8 Å². The lowest BCUT2D eigenvalue weighted by Crippen LogP contribution is -2.61. The van der Waals surface area contributed by atoms with Crippen LogP contribution in [-0.4, -0.2) is 22.1 Å². The fourth-order valence-electron chi connectivity index (χ4n) is 0.794. The minimum Gasteiger partial charge on any atom is -0.371 e. The molecule has 0 rings (SSSR count). The first-order chi connectivity index (χ1) is 6.12. The molecular weight excluding hydrogens is 184 g/mol. The van der Waals surface area contributed by atoms with E-state index in [1.165, 1.54) is 0 Å². The van der Waals surface area contributed by atoms with Gasteiger partial charge in [0.25, 0.3) is 0 Å². The SMILES string of the molecule is CCCCO[Si](N)(N)OCCCC. The molecule has 0 fully saturated rings. The van der Waals surface area contributed by atoms with E-state index in [-0.39, 0.29) is 0 Å². The van der Waals surface area contributed by atoms with Gasteiger partial charge < -0.3 is 8.85 Å². The molecule has 0 radical (unpaired) electrons. The van der Waals surface area contributed by atoms with E-state index in [1.807, 2.05) is 0 Å². The zero-order chi connectivity index (χ0) is 10.2. The van der Waals surface area contributed by atoms with Crippen LogP contribution >= 0.6 is 0 Å². The monoisotopic (exact) mass is 206 g/mol. The maximum absolute atomic E-state index is 5.67. The second-order valence-corrected chi connectivity index (χ2v) is 5.15. The predicted octanol–water partition coefficient (Wildman–Crippen LogP) is 0.973. The highest BCUT2D eigenvalue weighted by atomic mass is 28.4. The summed E-state index contributed by atoms with van der Waals surface area (Å²) in [6.07, 6.45) is 4.14. The van der Waals surface area contributed by atoms with E-state index in [0.29, 0.717) is 13.2 Å². The van der Waals surface area contributed by atoms with Crippen molar-refractivity contribution in [2.75, 3.05) is 13.2 Å². The number of nitrogens with two attached hydrogens (primary N) is 2. The first-order valence-corrected chi connectivity index (χ1v) is 6.95. The van der Waals surface area contributed by atoms with Gasteiger partial charge in [-0.05, 0) is 12.8 Å². The standard InChI is InChI=1S/C8H22N2O2Si/c1-3-5-7-11-13(9,10)12-8-6-4-2/h3-10H2,1-2H3. The number of rotatable bonds is 8. The van der Waals surface area contributed by atoms with Crippen LogP contribution in [0.2, 0.25) is 0 Å². The Morgan fingerprint density at radius 1 is 0.923 bits per heavy atom. The van der Waals surface area contributed by atoms with Gasteiger partial charge in [0, 0.05) is 13.2 Å². The van der Waals surface area contributed by atoms with Crippen molar-refractivity contribution in [2.45, 2.75) is 39.5 Å². The maximum atomic E-state index is 5.67. The maximum Gasteiger partial charge on any atom is 0.511 e. The van der Waals surface area contributed by atoms with Crippen LogP contribution in [0.15, 0.2) is 0 Å². The van der Waals surface area contributed by atoms with Crippen molar-refractivity contribution < 1.29 is 8.85 Å². The molecule has 0 spiro atoms. The normalized spacial score (nSPS) is 12.0. The number of hydrogen-bond acceptors (Lipinski definition) is 4. The minimum absolute atomic E-state index is 0.613. The van der Waals surface area contributed by atoms with Crippen molar-refractivity contribution in [3.05, 3.63) is 0 Å². The van der Waals surface area contributed by atoms with Crippen LogP contribution in [0.5, 0.6) is 0 Å². The zero-order valence-electron chi connectivity index (χ0n) is 8.71. The summed E-state index contributed by atoms with van der Waals surface area (Å²) in [6.45, 7) is 5.42. The summed E-state index contributed by atoms with van der Waals surface area (Å²) in [5.41, 5.74) is 0. The Balaban J connectivity index is 3.42. The van der Waals surface area contributed by atoms with E-state index in [0.717, 1.165) is 25.7 Å². The third-order valence-corrected chi connectivity index (χ3v) is 2.96. The zero-order valence-corrected chi connectivity index (χ0v) is 9.71. The van der Waals surface area contributed by atoms with Crippen molar-refractivity contribution in [3.63, 3.8) is 0 Å². The molecule has 0 aliphatic rings. The molecule has 0 saturated carbocycles. The molecule has 0 amide bonds. The van der Waals surface area contributed by atoms with Crippen LogP contribution in [0.25, 0.3) is 0 Å². The van der Waals surface area contributed by atoms with Crippen LogP contribution in [-0.2, 0) is 8.85 Å². The lowest BCUT2D eigenvalue weighted by molar-refractivity contribution is 0.165. The van der Waals surface area contributed by atoms with Gasteiger partial charge in [-0.3, -0.25) is 10.8 Å². The van der Waals surface area contributed by atoms with E-state index in [9.17, 15) is 0 Å². The van der Waals surface area contributed by atoms with Gasteiger partial charge >= 0.3 is 8.88 Å². The highest BCUT2D eigenvalue weighted by Gasteiger charge is 2.27. The molecule has 0 heterocycles. The van der Waals surface area contributed by atoms with Crippen LogP contribution in [0, 0.1) is 0 Å². The van der Waals surface area contributed by atoms with E-state index in [1.54, 1.807) is 0 Å². The molecule has 13 heavy (non-hydrogen) atoms. The van der Waals surface area contributed by atoms with Crippen molar-refractivity contribution in [1.82, 2.24) is 0 Å². The van der Waals surface area contributed by atoms with Gasteiger partial charge in [-0.2, -0.15) is 0 Å². The Kier molecular flexibility index (Phi) is 7.49. The van der Waals surface area contributed by atoms with E-state index in [4.69, 9.17) is 19.7 Å². The summed E-state index contributed by atoms with van der Waals surface area (Å²) < 4.78 is 10.6. The second-order valence-electron chi connectivity index (χ2n) is 3.13. The lowest BCUT2D eigenvalue weighted by Gasteiger charge is -2.20. The summed E-state index contributed by atoms with van der Waals surface area (Å²) in [5, 5.41) is 11.3. The van der Waals surface area contributed by atoms with Crippen molar-refractivity contribution in [3.8, 4) is 0 Å². The quantitative estimate of drug-likeness (QED) is 0.458. The highest BCUT2D eigenvalue weighted by molar-refractivity contribution is 6.60. The molecule has 0 bridgehead atoms. The van der Waals surface area contributed by atoms with Gasteiger partial charge in [0.05, 0.1) is 0 Å². The third-order valence-electron chi connectivity index (χ3n) is 1.65. The molecule has 0 saturated heterocycles. The molecule has 0 aliphatic heterocycles. The molecule has 0 atom stereocenters. The van der Waals surface area contributed by atoms with E-state index < -0.39 is 8.88 Å². The minimum atomic E-state index is -2.78. The topological polar surface area (TPSA) is 70.5 Å². The molecule has 0 unspecified atom stereocenters.